The van der Waals surface area contributed by atoms with Crippen LogP contribution in [0.2, 0.25) is 0 Å². The summed E-state index contributed by atoms with van der Waals surface area (Å²) in [7, 11) is 3.19. The molecule has 22 heavy (non-hydrogen) atoms. The Labute approximate surface area is 130 Å². The lowest BCUT2D eigenvalue weighted by molar-refractivity contribution is 0.102. The normalized spacial score (nSPS) is 15.5. The van der Waals surface area contributed by atoms with E-state index in [1.807, 2.05) is 42.5 Å². The summed E-state index contributed by atoms with van der Waals surface area (Å²) >= 11 is 0. The van der Waals surface area contributed by atoms with E-state index >= 15 is 0 Å². The highest BCUT2D eigenvalue weighted by Gasteiger charge is 2.24. The molecule has 2 aromatic rings. The number of methoxy groups -OCH3 is 2. The monoisotopic (exact) mass is 294 g/mol. The zero-order chi connectivity index (χ0) is 15.5. The van der Waals surface area contributed by atoms with Crippen molar-refractivity contribution in [3.63, 3.8) is 0 Å². The molecule has 0 atom stereocenters. The van der Waals surface area contributed by atoms with Crippen molar-refractivity contribution >= 4 is 11.9 Å². The van der Waals surface area contributed by atoms with Crippen molar-refractivity contribution in [3.05, 3.63) is 64.7 Å². The molecule has 112 valence electrons. The standard InChI is InChI=1S/C19H18O3/c1-21-17-11-14-8-9-15(10-13-6-4-3-5-7-13)19(20)16(14)12-18(17)22-2/h3-7,10-12H,8-9H2,1-2H3/b15-10+. The summed E-state index contributed by atoms with van der Waals surface area (Å²) < 4.78 is 10.6. The first kappa shape index (κ1) is 14.4. The molecule has 3 nitrogen and oxygen atoms in total. The van der Waals surface area contributed by atoms with Gasteiger partial charge in [0.2, 0.25) is 0 Å². The largest absolute Gasteiger partial charge is 0.493 e. The smallest absolute Gasteiger partial charge is 0.189 e. The third kappa shape index (κ3) is 2.62. The van der Waals surface area contributed by atoms with Crippen molar-refractivity contribution in [2.75, 3.05) is 14.2 Å². The lowest BCUT2D eigenvalue weighted by Crippen LogP contribution is -2.14. The van der Waals surface area contributed by atoms with Gasteiger partial charge < -0.3 is 9.47 Å². The Morgan fingerprint density at radius 2 is 1.64 bits per heavy atom. The maximum atomic E-state index is 12.7. The van der Waals surface area contributed by atoms with E-state index in [0.717, 1.165) is 29.5 Å². The van der Waals surface area contributed by atoms with E-state index in [1.54, 1.807) is 20.3 Å². The Balaban J connectivity index is 2.00. The van der Waals surface area contributed by atoms with Crippen LogP contribution < -0.4 is 9.47 Å². The van der Waals surface area contributed by atoms with Gasteiger partial charge in [-0.25, -0.2) is 0 Å². The van der Waals surface area contributed by atoms with Crippen LogP contribution in [0.15, 0.2) is 48.0 Å². The van der Waals surface area contributed by atoms with E-state index in [1.165, 1.54) is 0 Å². The molecule has 0 aliphatic heterocycles. The van der Waals surface area contributed by atoms with Crippen LogP contribution >= 0.6 is 0 Å². The maximum Gasteiger partial charge on any atom is 0.189 e. The molecular formula is C19H18O3. The second-order valence-corrected chi connectivity index (χ2v) is 5.27. The first-order chi connectivity index (χ1) is 10.7. The van der Waals surface area contributed by atoms with E-state index in [4.69, 9.17) is 9.47 Å². The molecule has 1 aliphatic rings. The summed E-state index contributed by atoms with van der Waals surface area (Å²) in [5.74, 6) is 1.34. The van der Waals surface area contributed by atoms with Crippen LogP contribution in [0.4, 0.5) is 0 Å². The van der Waals surface area contributed by atoms with E-state index in [2.05, 4.69) is 0 Å². The zero-order valence-corrected chi connectivity index (χ0v) is 12.8. The third-order valence-corrected chi connectivity index (χ3v) is 3.95. The van der Waals surface area contributed by atoms with Crippen LogP contribution in [0.3, 0.4) is 0 Å². The highest BCUT2D eigenvalue weighted by atomic mass is 16.5. The van der Waals surface area contributed by atoms with Crippen LogP contribution in [0, 0.1) is 0 Å². The van der Waals surface area contributed by atoms with Crippen molar-refractivity contribution in [2.45, 2.75) is 12.8 Å². The number of ether oxygens (including phenoxy) is 2. The van der Waals surface area contributed by atoms with Crippen LogP contribution in [0.5, 0.6) is 11.5 Å². The number of hydrogen-bond donors (Lipinski definition) is 0. The van der Waals surface area contributed by atoms with Crippen molar-refractivity contribution in [1.29, 1.82) is 0 Å². The molecule has 0 heterocycles. The number of benzene rings is 2. The Hall–Kier alpha value is -2.55. The van der Waals surface area contributed by atoms with E-state index < -0.39 is 0 Å². The second kappa shape index (κ2) is 6.06. The van der Waals surface area contributed by atoms with Crippen LogP contribution in [-0.2, 0) is 6.42 Å². The van der Waals surface area contributed by atoms with Gasteiger partial charge in [-0.3, -0.25) is 4.79 Å². The zero-order valence-electron chi connectivity index (χ0n) is 12.8. The molecule has 2 aromatic carbocycles. The first-order valence-corrected chi connectivity index (χ1v) is 7.28. The van der Waals surface area contributed by atoms with Crippen LogP contribution in [0.1, 0.15) is 27.9 Å². The Kier molecular flexibility index (Phi) is 3.96. The number of carbonyl (C=O) groups is 1. The van der Waals surface area contributed by atoms with Gasteiger partial charge in [-0.1, -0.05) is 30.3 Å². The lowest BCUT2D eigenvalue weighted by Gasteiger charge is -2.20. The van der Waals surface area contributed by atoms with Crippen molar-refractivity contribution in [1.82, 2.24) is 0 Å². The second-order valence-electron chi connectivity index (χ2n) is 5.27. The average molecular weight is 294 g/mol. The molecule has 0 fully saturated rings. The minimum Gasteiger partial charge on any atom is -0.493 e. The summed E-state index contributed by atoms with van der Waals surface area (Å²) in [6, 6.07) is 13.6. The molecular weight excluding hydrogens is 276 g/mol. The fourth-order valence-corrected chi connectivity index (χ4v) is 2.78. The van der Waals surface area contributed by atoms with E-state index in [-0.39, 0.29) is 5.78 Å². The van der Waals surface area contributed by atoms with Gasteiger partial charge in [0.15, 0.2) is 17.3 Å². The van der Waals surface area contributed by atoms with Gasteiger partial charge in [0.1, 0.15) is 0 Å². The number of fused-ring (bicyclic) bond motifs is 1. The molecule has 0 unspecified atom stereocenters. The maximum absolute atomic E-state index is 12.7. The number of allylic oxidation sites excluding steroid dienone is 1. The van der Waals surface area contributed by atoms with Crippen LogP contribution in [0.25, 0.3) is 6.08 Å². The van der Waals surface area contributed by atoms with Gasteiger partial charge in [-0.05, 0) is 42.2 Å². The van der Waals surface area contributed by atoms with Crippen molar-refractivity contribution in [2.24, 2.45) is 0 Å². The predicted molar refractivity (Wildman–Crippen MR) is 86.6 cm³/mol. The molecule has 0 saturated carbocycles. The molecule has 0 bridgehead atoms. The number of rotatable bonds is 3. The highest BCUT2D eigenvalue weighted by molar-refractivity contribution is 6.13. The SMILES string of the molecule is COc1cc2c(cc1OC)C(=O)/C(=C/c1ccccc1)CC2. The topological polar surface area (TPSA) is 35.5 Å². The number of aryl methyl sites for hydroxylation is 1. The minimum absolute atomic E-state index is 0.0751. The predicted octanol–water partition coefficient (Wildman–Crippen LogP) is 3.92. The van der Waals surface area contributed by atoms with Gasteiger partial charge in [-0.2, -0.15) is 0 Å². The molecule has 1 aliphatic carbocycles. The van der Waals surface area contributed by atoms with E-state index in [9.17, 15) is 4.79 Å². The Morgan fingerprint density at radius 3 is 2.32 bits per heavy atom. The summed E-state index contributed by atoms with van der Waals surface area (Å²) in [4.78, 5) is 12.7. The fourth-order valence-electron chi connectivity index (χ4n) is 2.78. The van der Waals surface area contributed by atoms with Crippen molar-refractivity contribution in [3.8, 4) is 11.5 Å². The first-order valence-electron chi connectivity index (χ1n) is 7.28. The molecule has 0 amide bonds. The third-order valence-electron chi connectivity index (χ3n) is 3.95. The number of Topliss-reactive ketones (excluding diaryl/α,β-unsaturated/α-hetero) is 1. The molecule has 3 rings (SSSR count). The molecule has 0 radical (unpaired) electrons. The summed E-state index contributed by atoms with van der Waals surface area (Å²) in [5, 5.41) is 0. The summed E-state index contributed by atoms with van der Waals surface area (Å²) in [5.41, 5.74) is 3.62. The summed E-state index contributed by atoms with van der Waals surface area (Å²) in [6.45, 7) is 0. The van der Waals surface area contributed by atoms with Gasteiger partial charge in [0.05, 0.1) is 14.2 Å². The Morgan fingerprint density at radius 1 is 0.955 bits per heavy atom. The molecule has 0 aromatic heterocycles. The van der Waals surface area contributed by atoms with Gasteiger partial charge in [0.25, 0.3) is 0 Å². The highest BCUT2D eigenvalue weighted by Crippen LogP contribution is 2.35. The van der Waals surface area contributed by atoms with Gasteiger partial charge in [-0.15, -0.1) is 0 Å². The molecule has 3 heteroatoms. The van der Waals surface area contributed by atoms with Gasteiger partial charge >= 0.3 is 0 Å². The molecule has 0 spiro atoms. The molecule has 0 N–H and O–H groups in total. The van der Waals surface area contributed by atoms with Gasteiger partial charge in [0, 0.05) is 11.1 Å². The number of hydrogen-bond acceptors (Lipinski definition) is 3. The number of carbonyl (C=O) groups excluding carboxylic acids is 1. The summed E-state index contributed by atoms with van der Waals surface area (Å²) in [6.07, 6.45) is 3.55. The number of ketones is 1. The van der Waals surface area contributed by atoms with Crippen LogP contribution in [-0.4, -0.2) is 20.0 Å². The average Bonchev–Trinajstić information content (AvgIpc) is 2.57. The molecule has 0 saturated heterocycles. The fraction of sp³-hybridized carbons (Fsp3) is 0.211. The Bertz CT molecular complexity index is 730. The quantitative estimate of drug-likeness (QED) is 0.805. The van der Waals surface area contributed by atoms with Crippen molar-refractivity contribution < 1.29 is 14.3 Å². The lowest BCUT2D eigenvalue weighted by atomic mass is 9.85. The minimum atomic E-state index is 0.0751. The van der Waals surface area contributed by atoms with E-state index in [0.29, 0.717) is 17.1 Å².